The van der Waals surface area contributed by atoms with Gasteiger partial charge in [0.05, 0.1) is 18.7 Å². The highest BCUT2D eigenvalue weighted by atomic mass is 19.1. The highest BCUT2D eigenvalue weighted by molar-refractivity contribution is 5.98. The summed E-state index contributed by atoms with van der Waals surface area (Å²) in [5, 5.41) is 7.31. The van der Waals surface area contributed by atoms with E-state index in [2.05, 4.69) is 16.0 Å². The van der Waals surface area contributed by atoms with Crippen molar-refractivity contribution in [2.24, 2.45) is 0 Å². The maximum atomic E-state index is 13.5. The first-order valence-electron chi connectivity index (χ1n) is 8.55. The summed E-state index contributed by atoms with van der Waals surface area (Å²) < 4.78 is 26.4. The molecule has 148 valence electrons. The molecule has 0 saturated carbocycles. The molecule has 0 aliphatic heterocycles. The Balaban J connectivity index is 1.82. The van der Waals surface area contributed by atoms with Crippen molar-refractivity contribution >= 4 is 23.4 Å². The quantitative estimate of drug-likeness (QED) is 0.709. The van der Waals surface area contributed by atoms with Gasteiger partial charge in [-0.05, 0) is 44.0 Å². The Kier molecular flexibility index (Phi) is 6.81. The third kappa shape index (κ3) is 5.60. The number of hydrogen-bond acceptors (Lipinski definition) is 3. The standard InChI is InChI=1S/C20H21F2N3O3/c1-11-6-12(2)19(13(3)7-11)25-18(27)10-23-17(26)9-24-20(28)15-5-4-14(21)8-16(15)22/h4-8H,9-10H2,1-3H3,(H,23,26)(H,24,28)(H,25,27). The summed E-state index contributed by atoms with van der Waals surface area (Å²) >= 11 is 0. The molecule has 3 amide bonds. The number of hydrogen-bond donors (Lipinski definition) is 3. The lowest BCUT2D eigenvalue weighted by Gasteiger charge is -2.13. The van der Waals surface area contributed by atoms with Crippen molar-refractivity contribution in [3.8, 4) is 0 Å². The minimum absolute atomic E-state index is 0.285. The van der Waals surface area contributed by atoms with Gasteiger partial charge < -0.3 is 16.0 Å². The SMILES string of the molecule is Cc1cc(C)c(NC(=O)CNC(=O)CNC(=O)c2ccc(F)cc2F)c(C)c1. The monoisotopic (exact) mass is 389 g/mol. The number of halogens is 2. The molecule has 2 rings (SSSR count). The average molecular weight is 389 g/mol. The number of rotatable bonds is 6. The van der Waals surface area contributed by atoms with E-state index < -0.39 is 35.9 Å². The second-order valence-corrected chi connectivity index (χ2v) is 6.41. The molecule has 8 heteroatoms. The molecular weight excluding hydrogens is 368 g/mol. The van der Waals surface area contributed by atoms with Crippen molar-refractivity contribution in [1.82, 2.24) is 10.6 Å². The zero-order valence-corrected chi connectivity index (χ0v) is 15.8. The molecular formula is C20H21F2N3O3. The van der Waals surface area contributed by atoms with Crippen LogP contribution < -0.4 is 16.0 Å². The topological polar surface area (TPSA) is 87.3 Å². The van der Waals surface area contributed by atoms with Crippen molar-refractivity contribution in [3.63, 3.8) is 0 Å². The van der Waals surface area contributed by atoms with Crippen molar-refractivity contribution in [2.45, 2.75) is 20.8 Å². The molecule has 0 aliphatic carbocycles. The summed E-state index contributed by atoms with van der Waals surface area (Å²) in [5.41, 5.74) is 3.20. The van der Waals surface area contributed by atoms with Crippen LogP contribution in [0, 0.1) is 32.4 Å². The van der Waals surface area contributed by atoms with E-state index in [-0.39, 0.29) is 12.1 Å². The zero-order chi connectivity index (χ0) is 20.8. The second kappa shape index (κ2) is 9.07. The van der Waals surface area contributed by atoms with Crippen LogP contribution in [-0.4, -0.2) is 30.8 Å². The predicted molar refractivity (Wildman–Crippen MR) is 101 cm³/mol. The Morgan fingerprint density at radius 3 is 2.07 bits per heavy atom. The van der Waals surface area contributed by atoms with Gasteiger partial charge in [-0.2, -0.15) is 0 Å². The number of carbonyl (C=O) groups excluding carboxylic acids is 3. The van der Waals surface area contributed by atoms with Gasteiger partial charge in [0.25, 0.3) is 5.91 Å². The van der Waals surface area contributed by atoms with Crippen LogP contribution >= 0.6 is 0 Å². The van der Waals surface area contributed by atoms with E-state index in [0.29, 0.717) is 11.8 Å². The third-order valence-corrected chi connectivity index (χ3v) is 3.97. The third-order valence-electron chi connectivity index (χ3n) is 3.97. The van der Waals surface area contributed by atoms with E-state index in [0.717, 1.165) is 28.8 Å². The van der Waals surface area contributed by atoms with E-state index in [1.54, 1.807) is 0 Å². The van der Waals surface area contributed by atoms with Crippen LogP contribution in [0.5, 0.6) is 0 Å². The Morgan fingerprint density at radius 1 is 0.857 bits per heavy atom. The Morgan fingerprint density at radius 2 is 1.46 bits per heavy atom. The summed E-state index contributed by atoms with van der Waals surface area (Å²) in [7, 11) is 0. The van der Waals surface area contributed by atoms with E-state index in [1.807, 2.05) is 32.9 Å². The first-order valence-corrected chi connectivity index (χ1v) is 8.55. The van der Waals surface area contributed by atoms with Crippen LogP contribution in [0.15, 0.2) is 30.3 Å². The lowest BCUT2D eigenvalue weighted by atomic mass is 10.1. The summed E-state index contributed by atoms with van der Waals surface area (Å²) in [6.45, 7) is 4.96. The summed E-state index contributed by atoms with van der Waals surface area (Å²) in [6, 6.07) is 6.38. The minimum atomic E-state index is -1.03. The molecule has 2 aromatic rings. The Bertz CT molecular complexity index is 906. The van der Waals surface area contributed by atoms with Gasteiger partial charge in [-0.1, -0.05) is 17.7 Å². The molecule has 0 aliphatic rings. The largest absolute Gasteiger partial charge is 0.345 e. The molecule has 2 aromatic carbocycles. The van der Waals surface area contributed by atoms with Gasteiger partial charge in [-0.15, -0.1) is 0 Å². The molecule has 0 bridgehead atoms. The lowest BCUT2D eigenvalue weighted by Crippen LogP contribution is -2.40. The van der Waals surface area contributed by atoms with Gasteiger partial charge in [0.1, 0.15) is 11.6 Å². The van der Waals surface area contributed by atoms with Crippen LogP contribution in [0.2, 0.25) is 0 Å². The van der Waals surface area contributed by atoms with Gasteiger partial charge in [0.15, 0.2) is 0 Å². The zero-order valence-electron chi connectivity index (χ0n) is 15.8. The van der Waals surface area contributed by atoms with Crippen LogP contribution in [0.25, 0.3) is 0 Å². The molecule has 0 fully saturated rings. The van der Waals surface area contributed by atoms with Crippen LogP contribution in [0.4, 0.5) is 14.5 Å². The lowest BCUT2D eigenvalue weighted by molar-refractivity contribution is -0.123. The normalized spacial score (nSPS) is 10.3. The molecule has 0 aromatic heterocycles. The van der Waals surface area contributed by atoms with Crippen LogP contribution in [0.3, 0.4) is 0 Å². The van der Waals surface area contributed by atoms with Gasteiger partial charge in [0, 0.05) is 11.8 Å². The van der Waals surface area contributed by atoms with Gasteiger partial charge in [-0.3, -0.25) is 14.4 Å². The Labute approximate surface area is 161 Å². The van der Waals surface area contributed by atoms with Gasteiger partial charge in [-0.25, -0.2) is 8.78 Å². The molecule has 3 N–H and O–H groups in total. The van der Waals surface area contributed by atoms with Crippen molar-refractivity contribution in [2.75, 3.05) is 18.4 Å². The molecule has 0 saturated heterocycles. The maximum absolute atomic E-state index is 13.5. The predicted octanol–water partition coefficient (Wildman–Crippen LogP) is 2.37. The first kappa shape index (κ1) is 21.0. The minimum Gasteiger partial charge on any atom is -0.345 e. The summed E-state index contributed by atoms with van der Waals surface area (Å²) in [6.07, 6.45) is 0. The number of amides is 3. The summed E-state index contributed by atoms with van der Waals surface area (Å²) in [5.74, 6) is -3.73. The highest BCUT2D eigenvalue weighted by Gasteiger charge is 2.14. The molecule has 0 unspecified atom stereocenters. The smallest absolute Gasteiger partial charge is 0.254 e. The molecule has 0 spiro atoms. The van der Waals surface area contributed by atoms with Crippen LogP contribution in [-0.2, 0) is 9.59 Å². The fraction of sp³-hybridized carbons (Fsp3) is 0.250. The van der Waals surface area contributed by atoms with Crippen molar-refractivity contribution < 1.29 is 23.2 Å². The van der Waals surface area contributed by atoms with E-state index in [9.17, 15) is 23.2 Å². The van der Waals surface area contributed by atoms with E-state index in [4.69, 9.17) is 0 Å². The fourth-order valence-electron chi connectivity index (χ4n) is 2.73. The molecule has 0 heterocycles. The number of aryl methyl sites for hydroxylation is 3. The molecule has 28 heavy (non-hydrogen) atoms. The second-order valence-electron chi connectivity index (χ2n) is 6.41. The number of benzene rings is 2. The van der Waals surface area contributed by atoms with E-state index >= 15 is 0 Å². The number of nitrogens with one attached hydrogen (secondary N) is 3. The first-order chi connectivity index (χ1) is 13.2. The average Bonchev–Trinajstić information content (AvgIpc) is 2.61. The van der Waals surface area contributed by atoms with E-state index in [1.165, 1.54) is 0 Å². The van der Waals surface area contributed by atoms with Gasteiger partial charge >= 0.3 is 0 Å². The number of carbonyl (C=O) groups is 3. The highest BCUT2D eigenvalue weighted by Crippen LogP contribution is 2.21. The molecule has 0 radical (unpaired) electrons. The van der Waals surface area contributed by atoms with Crippen molar-refractivity contribution in [1.29, 1.82) is 0 Å². The van der Waals surface area contributed by atoms with Gasteiger partial charge in [0.2, 0.25) is 11.8 Å². The number of anilines is 1. The molecule has 6 nitrogen and oxygen atoms in total. The molecule has 0 atom stereocenters. The Hall–Kier alpha value is -3.29. The maximum Gasteiger partial charge on any atom is 0.254 e. The fourth-order valence-corrected chi connectivity index (χ4v) is 2.73. The van der Waals surface area contributed by atoms with Crippen LogP contribution in [0.1, 0.15) is 27.0 Å². The summed E-state index contributed by atoms with van der Waals surface area (Å²) in [4.78, 5) is 35.7. The van der Waals surface area contributed by atoms with Crippen molar-refractivity contribution in [3.05, 3.63) is 64.2 Å².